The molecule has 0 spiro atoms. The lowest BCUT2D eigenvalue weighted by Gasteiger charge is -2.41. The van der Waals surface area contributed by atoms with Crippen LogP contribution in [0.3, 0.4) is 0 Å². The zero-order valence-electron chi connectivity index (χ0n) is 12.0. The van der Waals surface area contributed by atoms with Crippen LogP contribution in [0, 0.1) is 5.92 Å². The third-order valence-corrected chi connectivity index (χ3v) is 4.57. The Bertz CT molecular complexity index is 477. The van der Waals surface area contributed by atoms with E-state index in [1.54, 1.807) is 0 Å². The summed E-state index contributed by atoms with van der Waals surface area (Å²) in [6.07, 6.45) is 1.89. The van der Waals surface area contributed by atoms with Crippen molar-refractivity contribution in [2.24, 2.45) is 5.92 Å². The molecule has 2 aliphatic rings. The SMILES string of the molecule is CCOC(=O)C1(Nc2ccccc2)CCN2CCC1C2. The molecular formula is C16H22N2O2. The highest BCUT2D eigenvalue weighted by Gasteiger charge is 2.52. The van der Waals surface area contributed by atoms with Crippen molar-refractivity contribution in [2.45, 2.75) is 25.3 Å². The number of rotatable bonds is 4. The standard InChI is InChI=1S/C16H22N2O2/c1-2-20-15(19)16(17-14-6-4-3-5-7-14)9-11-18-10-8-13(16)12-18/h3-7,13,17H,2,8-12H2,1H3. The predicted molar refractivity (Wildman–Crippen MR) is 78.6 cm³/mol. The van der Waals surface area contributed by atoms with E-state index in [0.717, 1.165) is 38.2 Å². The minimum atomic E-state index is -0.551. The summed E-state index contributed by atoms with van der Waals surface area (Å²) in [6, 6.07) is 10.0. The van der Waals surface area contributed by atoms with Crippen LogP contribution < -0.4 is 5.32 Å². The van der Waals surface area contributed by atoms with Gasteiger partial charge in [-0.2, -0.15) is 0 Å². The Kier molecular flexibility index (Phi) is 3.66. The molecule has 108 valence electrons. The molecule has 2 aliphatic heterocycles. The number of carbonyl (C=O) groups excluding carboxylic acids is 1. The second-order valence-electron chi connectivity index (χ2n) is 5.72. The first-order valence-electron chi connectivity index (χ1n) is 7.47. The molecule has 4 heteroatoms. The molecule has 1 N–H and O–H groups in total. The van der Waals surface area contributed by atoms with Gasteiger partial charge in [-0.05, 0) is 38.4 Å². The number of nitrogens with one attached hydrogen (secondary N) is 1. The number of fused-ring (bicyclic) bond motifs is 2. The van der Waals surface area contributed by atoms with Crippen LogP contribution in [0.2, 0.25) is 0 Å². The lowest BCUT2D eigenvalue weighted by molar-refractivity contribution is -0.151. The fourth-order valence-electron chi connectivity index (χ4n) is 3.50. The van der Waals surface area contributed by atoms with Gasteiger partial charge < -0.3 is 15.0 Å². The van der Waals surface area contributed by atoms with Crippen molar-refractivity contribution in [3.05, 3.63) is 30.3 Å². The molecule has 3 rings (SSSR count). The molecule has 0 aliphatic carbocycles. The minimum absolute atomic E-state index is 0.0876. The maximum Gasteiger partial charge on any atom is 0.332 e. The summed E-state index contributed by atoms with van der Waals surface area (Å²) < 4.78 is 5.39. The van der Waals surface area contributed by atoms with Crippen molar-refractivity contribution < 1.29 is 9.53 Å². The number of esters is 1. The highest BCUT2D eigenvalue weighted by atomic mass is 16.5. The van der Waals surface area contributed by atoms with Crippen LogP contribution in [0.5, 0.6) is 0 Å². The first-order valence-corrected chi connectivity index (χ1v) is 7.47. The molecule has 1 aromatic rings. The van der Waals surface area contributed by atoms with Gasteiger partial charge in [0.15, 0.2) is 0 Å². The van der Waals surface area contributed by atoms with Crippen LogP contribution in [0.1, 0.15) is 19.8 Å². The molecule has 0 amide bonds. The number of benzene rings is 1. The van der Waals surface area contributed by atoms with E-state index in [2.05, 4.69) is 10.2 Å². The van der Waals surface area contributed by atoms with Gasteiger partial charge in [0.1, 0.15) is 5.54 Å². The van der Waals surface area contributed by atoms with E-state index in [9.17, 15) is 4.79 Å². The molecule has 2 bridgehead atoms. The van der Waals surface area contributed by atoms with Gasteiger partial charge in [-0.25, -0.2) is 4.79 Å². The Morgan fingerprint density at radius 2 is 2.20 bits per heavy atom. The van der Waals surface area contributed by atoms with Gasteiger partial charge in [0, 0.05) is 24.7 Å². The monoisotopic (exact) mass is 274 g/mol. The molecule has 0 radical (unpaired) electrons. The van der Waals surface area contributed by atoms with Crippen molar-refractivity contribution in [3.63, 3.8) is 0 Å². The molecule has 3 atom stereocenters. The number of nitrogens with zero attached hydrogens (tertiary/aromatic N) is 1. The number of piperidine rings is 1. The average molecular weight is 274 g/mol. The van der Waals surface area contributed by atoms with Crippen LogP contribution in [0.15, 0.2) is 30.3 Å². The second kappa shape index (κ2) is 5.44. The lowest BCUT2D eigenvalue weighted by Crippen LogP contribution is -2.58. The van der Waals surface area contributed by atoms with Crippen molar-refractivity contribution in [1.82, 2.24) is 4.90 Å². The van der Waals surface area contributed by atoms with Gasteiger partial charge in [-0.1, -0.05) is 18.2 Å². The quantitative estimate of drug-likeness (QED) is 0.854. The summed E-state index contributed by atoms with van der Waals surface area (Å²) in [5, 5.41) is 3.51. The summed E-state index contributed by atoms with van der Waals surface area (Å²) in [6.45, 7) is 5.38. The molecule has 2 fully saturated rings. The normalized spacial score (nSPS) is 31.9. The fourth-order valence-corrected chi connectivity index (χ4v) is 3.50. The smallest absolute Gasteiger partial charge is 0.332 e. The van der Waals surface area contributed by atoms with E-state index < -0.39 is 5.54 Å². The van der Waals surface area contributed by atoms with E-state index in [1.807, 2.05) is 37.3 Å². The minimum Gasteiger partial charge on any atom is -0.464 e. The number of hydrogen-bond donors (Lipinski definition) is 1. The van der Waals surface area contributed by atoms with Crippen molar-refractivity contribution in [2.75, 3.05) is 31.6 Å². The molecule has 3 unspecified atom stereocenters. The first kappa shape index (κ1) is 13.4. The lowest BCUT2D eigenvalue weighted by atomic mass is 9.78. The Morgan fingerprint density at radius 1 is 1.40 bits per heavy atom. The summed E-state index contributed by atoms with van der Waals surface area (Å²) in [4.78, 5) is 15.0. The number of carbonyl (C=O) groups is 1. The Morgan fingerprint density at radius 3 is 2.95 bits per heavy atom. The van der Waals surface area contributed by atoms with Crippen molar-refractivity contribution in [1.29, 1.82) is 0 Å². The van der Waals surface area contributed by atoms with Gasteiger partial charge in [0.25, 0.3) is 0 Å². The van der Waals surface area contributed by atoms with Crippen LogP contribution in [-0.2, 0) is 9.53 Å². The van der Waals surface area contributed by atoms with E-state index >= 15 is 0 Å². The Balaban J connectivity index is 1.89. The van der Waals surface area contributed by atoms with E-state index in [4.69, 9.17) is 4.74 Å². The van der Waals surface area contributed by atoms with Gasteiger partial charge in [-0.3, -0.25) is 0 Å². The largest absolute Gasteiger partial charge is 0.464 e. The molecule has 0 saturated carbocycles. The van der Waals surface area contributed by atoms with Gasteiger partial charge in [0.05, 0.1) is 6.61 Å². The summed E-state index contributed by atoms with van der Waals surface area (Å²) >= 11 is 0. The number of anilines is 1. The maximum atomic E-state index is 12.6. The van der Waals surface area contributed by atoms with Crippen LogP contribution in [-0.4, -0.2) is 42.6 Å². The van der Waals surface area contributed by atoms with E-state index in [0.29, 0.717) is 12.5 Å². The molecule has 20 heavy (non-hydrogen) atoms. The zero-order chi connectivity index (χ0) is 14.0. The molecular weight excluding hydrogens is 252 g/mol. The fraction of sp³-hybridized carbons (Fsp3) is 0.562. The molecule has 1 aromatic carbocycles. The molecule has 2 heterocycles. The summed E-state index contributed by atoms with van der Waals surface area (Å²) in [7, 11) is 0. The molecule has 0 aromatic heterocycles. The van der Waals surface area contributed by atoms with Crippen molar-refractivity contribution >= 4 is 11.7 Å². The molecule has 2 saturated heterocycles. The zero-order valence-corrected chi connectivity index (χ0v) is 12.0. The third kappa shape index (κ3) is 2.29. The van der Waals surface area contributed by atoms with Gasteiger partial charge >= 0.3 is 5.97 Å². The summed E-state index contributed by atoms with van der Waals surface area (Å²) in [5.74, 6) is 0.255. The molecule has 4 nitrogen and oxygen atoms in total. The topological polar surface area (TPSA) is 41.6 Å². The average Bonchev–Trinajstić information content (AvgIpc) is 2.88. The highest BCUT2D eigenvalue weighted by molar-refractivity contribution is 5.85. The number of para-hydroxylation sites is 1. The Labute approximate surface area is 120 Å². The van der Waals surface area contributed by atoms with E-state index in [-0.39, 0.29) is 5.97 Å². The van der Waals surface area contributed by atoms with Crippen LogP contribution >= 0.6 is 0 Å². The maximum absolute atomic E-state index is 12.6. The second-order valence-corrected chi connectivity index (χ2v) is 5.72. The van der Waals surface area contributed by atoms with Crippen molar-refractivity contribution in [3.8, 4) is 0 Å². The predicted octanol–water partition coefficient (Wildman–Crippen LogP) is 2.13. The highest BCUT2D eigenvalue weighted by Crippen LogP contribution is 2.39. The number of ether oxygens (including phenoxy) is 1. The first-order chi connectivity index (χ1) is 9.74. The number of hydrogen-bond acceptors (Lipinski definition) is 4. The van der Waals surface area contributed by atoms with E-state index in [1.165, 1.54) is 0 Å². The van der Waals surface area contributed by atoms with Crippen LogP contribution in [0.25, 0.3) is 0 Å². The van der Waals surface area contributed by atoms with Gasteiger partial charge in [-0.15, -0.1) is 0 Å². The van der Waals surface area contributed by atoms with Crippen LogP contribution in [0.4, 0.5) is 5.69 Å². The van der Waals surface area contributed by atoms with Gasteiger partial charge in [0.2, 0.25) is 0 Å². The Hall–Kier alpha value is -1.55. The summed E-state index contributed by atoms with van der Waals surface area (Å²) in [5.41, 5.74) is 0.450. The third-order valence-electron chi connectivity index (χ3n) is 4.57.